The molecule has 1 aromatic carbocycles. The molecule has 6 heteroatoms. The van der Waals surface area contributed by atoms with Crippen molar-refractivity contribution < 1.29 is 13.6 Å². The summed E-state index contributed by atoms with van der Waals surface area (Å²) in [4.78, 5) is 14.1. The number of nitrogens with two attached hydrogens (primary N) is 1. The first-order valence-corrected chi connectivity index (χ1v) is 6.56. The van der Waals surface area contributed by atoms with Crippen LogP contribution in [-0.2, 0) is 0 Å². The first-order valence-electron chi connectivity index (χ1n) is 6.56. The predicted octanol–water partition coefficient (Wildman–Crippen LogP) is 1.76. The Hall–Kier alpha value is -1.69. The lowest BCUT2D eigenvalue weighted by Gasteiger charge is -2.47. The maximum absolute atomic E-state index is 13.6. The van der Waals surface area contributed by atoms with Crippen molar-refractivity contribution in [3.05, 3.63) is 29.3 Å². The fourth-order valence-electron chi connectivity index (χ4n) is 2.45. The molecule has 0 radical (unpaired) electrons. The van der Waals surface area contributed by atoms with E-state index in [4.69, 9.17) is 5.73 Å². The van der Waals surface area contributed by atoms with Crippen molar-refractivity contribution in [3.8, 4) is 0 Å². The molecule has 1 aliphatic carbocycles. The van der Waals surface area contributed by atoms with Gasteiger partial charge in [0.2, 0.25) is 0 Å². The zero-order valence-electron chi connectivity index (χ0n) is 11.7. The topological polar surface area (TPSA) is 58.4 Å². The second-order valence-electron chi connectivity index (χ2n) is 5.51. The van der Waals surface area contributed by atoms with Crippen LogP contribution in [0.15, 0.2) is 12.1 Å². The lowest BCUT2D eigenvalue weighted by molar-refractivity contribution is 0.0556. The van der Waals surface area contributed by atoms with E-state index < -0.39 is 17.5 Å². The molecule has 1 aliphatic rings. The van der Waals surface area contributed by atoms with Crippen molar-refractivity contribution in [1.82, 2.24) is 10.2 Å². The quantitative estimate of drug-likeness (QED) is 0.828. The molecule has 3 N–H and O–H groups in total. The molecule has 4 nitrogen and oxygen atoms in total. The monoisotopic (exact) mass is 283 g/mol. The van der Waals surface area contributed by atoms with Gasteiger partial charge in [0, 0.05) is 18.2 Å². The van der Waals surface area contributed by atoms with Crippen LogP contribution in [0.4, 0.5) is 14.5 Å². The summed E-state index contributed by atoms with van der Waals surface area (Å²) in [5.74, 6) is -2.33. The van der Waals surface area contributed by atoms with E-state index in [1.807, 2.05) is 14.1 Å². The van der Waals surface area contributed by atoms with Crippen LogP contribution < -0.4 is 11.1 Å². The second-order valence-corrected chi connectivity index (χ2v) is 5.51. The Kier molecular flexibility index (Phi) is 3.94. The van der Waals surface area contributed by atoms with Gasteiger partial charge < -0.3 is 16.0 Å². The minimum Gasteiger partial charge on any atom is -0.396 e. The highest BCUT2D eigenvalue weighted by atomic mass is 19.1. The number of nitrogens with zero attached hydrogens (tertiary/aromatic N) is 1. The molecule has 0 spiro atoms. The fraction of sp³-hybridized carbons (Fsp3) is 0.500. The first-order chi connectivity index (χ1) is 9.35. The number of benzene rings is 1. The van der Waals surface area contributed by atoms with E-state index in [9.17, 15) is 13.6 Å². The Bertz CT molecular complexity index is 527. The number of nitrogens with one attached hydrogen (secondary N) is 1. The van der Waals surface area contributed by atoms with Crippen molar-refractivity contribution in [2.24, 2.45) is 0 Å². The smallest absolute Gasteiger partial charge is 0.254 e. The van der Waals surface area contributed by atoms with E-state index in [0.29, 0.717) is 12.6 Å². The molecule has 110 valence electrons. The van der Waals surface area contributed by atoms with Gasteiger partial charge in [0.05, 0.1) is 11.3 Å². The van der Waals surface area contributed by atoms with Gasteiger partial charge in [-0.2, -0.15) is 0 Å². The number of anilines is 1. The zero-order chi connectivity index (χ0) is 14.9. The number of nitrogen functional groups attached to an aromatic ring is 1. The van der Waals surface area contributed by atoms with Gasteiger partial charge in [-0.15, -0.1) is 0 Å². The number of hydrogen-bond donors (Lipinski definition) is 2. The van der Waals surface area contributed by atoms with Crippen molar-refractivity contribution in [2.45, 2.75) is 24.8 Å². The lowest BCUT2D eigenvalue weighted by atomic mass is 9.75. The van der Waals surface area contributed by atoms with E-state index in [1.54, 1.807) is 0 Å². The number of hydrogen-bond acceptors (Lipinski definition) is 3. The Morgan fingerprint density at radius 2 is 2.00 bits per heavy atom. The molecule has 2 rings (SSSR count). The van der Waals surface area contributed by atoms with Crippen LogP contribution in [0.25, 0.3) is 0 Å². The SMILES string of the molecule is CN(C)C1(CNC(=O)c2cc(N)c(F)cc2F)CCC1. The standard InChI is InChI=1S/C14H19F2N3O/c1-19(2)14(4-3-5-14)8-18-13(20)9-6-12(17)11(16)7-10(9)15/h6-7H,3-5,8,17H2,1-2H3,(H,18,20). The van der Waals surface area contributed by atoms with E-state index >= 15 is 0 Å². The third-order valence-corrected chi connectivity index (χ3v) is 4.14. The number of likely N-dealkylation sites (N-methyl/N-ethyl adjacent to an activating group) is 1. The van der Waals surface area contributed by atoms with E-state index in [0.717, 1.165) is 25.3 Å². The third-order valence-electron chi connectivity index (χ3n) is 4.14. The molecule has 1 aromatic rings. The highest BCUT2D eigenvalue weighted by Gasteiger charge is 2.39. The van der Waals surface area contributed by atoms with Gasteiger partial charge in [-0.05, 0) is 39.4 Å². The number of carbonyl (C=O) groups is 1. The average molecular weight is 283 g/mol. The van der Waals surface area contributed by atoms with Crippen LogP contribution in [0.5, 0.6) is 0 Å². The summed E-state index contributed by atoms with van der Waals surface area (Å²) in [5.41, 5.74) is 4.85. The Labute approximate surface area is 116 Å². The molecule has 0 heterocycles. The van der Waals surface area contributed by atoms with Crippen LogP contribution in [-0.4, -0.2) is 37.0 Å². The van der Waals surface area contributed by atoms with E-state index in [2.05, 4.69) is 10.2 Å². The van der Waals surface area contributed by atoms with Gasteiger partial charge >= 0.3 is 0 Å². The number of carbonyl (C=O) groups excluding carboxylic acids is 1. The van der Waals surface area contributed by atoms with Crippen LogP contribution in [0.3, 0.4) is 0 Å². The molecule has 0 unspecified atom stereocenters. The van der Waals surface area contributed by atoms with Crippen LogP contribution >= 0.6 is 0 Å². The van der Waals surface area contributed by atoms with E-state index in [-0.39, 0.29) is 16.8 Å². The zero-order valence-corrected chi connectivity index (χ0v) is 11.7. The maximum Gasteiger partial charge on any atom is 0.254 e. The summed E-state index contributed by atoms with van der Waals surface area (Å²) in [7, 11) is 3.92. The highest BCUT2D eigenvalue weighted by Crippen LogP contribution is 2.35. The van der Waals surface area contributed by atoms with Gasteiger partial charge in [-0.1, -0.05) is 0 Å². The Balaban J connectivity index is 2.07. The third kappa shape index (κ3) is 2.60. The van der Waals surface area contributed by atoms with Crippen molar-refractivity contribution in [1.29, 1.82) is 0 Å². The molecule has 20 heavy (non-hydrogen) atoms. The first kappa shape index (κ1) is 14.7. The summed E-state index contributed by atoms with van der Waals surface area (Å²) in [6, 6.07) is 1.67. The average Bonchev–Trinajstić information content (AvgIpc) is 2.31. The van der Waals surface area contributed by atoms with Gasteiger partial charge in [0.25, 0.3) is 5.91 Å². The lowest BCUT2D eigenvalue weighted by Crippen LogP contribution is -2.57. The fourth-order valence-corrected chi connectivity index (χ4v) is 2.45. The summed E-state index contributed by atoms with van der Waals surface area (Å²) in [6.07, 6.45) is 3.11. The van der Waals surface area contributed by atoms with Crippen LogP contribution in [0, 0.1) is 11.6 Å². The molecule has 0 atom stereocenters. The minimum atomic E-state index is -0.901. The van der Waals surface area contributed by atoms with Gasteiger partial charge in [0.1, 0.15) is 11.6 Å². The van der Waals surface area contributed by atoms with Crippen molar-refractivity contribution >= 4 is 11.6 Å². The summed E-state index contributed by atoms with van der Waals surface area (Å²) < 4.78 is 26.7. The second kappa shape index (κ2) is 5.36. The summed E-state index contributed by atoms with van der Waals surface area (Å²) >= 11 is 0. The minimum absolute atomic E-state index is 0.0578. The number of rotatable bonds is 4. The molecule has 0 aromatic heterocycles. The molecular formula is C14H19F2N3O. The molecule has 1 fully saturated rings. The predicted molar refractivity (Wildman–Crippen MR) is 73.4 cm³/mol. The normalized spacial score (nSPS) is 16.9. The van der Waals surface area contributed by atoms with Gasteiger partial charge in [-0.25, -0.2) is 8.78 Å². The maximum atomic E-state index is 13.6. The largest absolute Gasteiger partial charge is 0.396 e. The number of amides is 1. The van der Waals surface area contributed by atoms with E-state index in [1.165, 1.54) is 0 Å². The summed E-state index contributed by atoms with van der Waals surface area (Å²) in [6.45, 7) is 0.440. The van der Waals surface area contributed by atoms with Crippen molar-refractivity contribution in [2.75, 3.05) is 26.4 Å². The van der Waals surface area contributed by atoms with Gasteiger partial charge in [-0.3, -0.25) is 4.79 Å². The van der Waals surface area contributed by atoms with Crippen LogP contribution in [0.1, 0.15) is 29.6 Å². The molecule has 0 aliphatic heterocycles. The number of halogens is 2. The molecule has 1 amide bonds. The molecular weight excluding hydrogens is 264 g/mol. The van der Waals surface area contributed by atoms with Gasteiger partial charge in [0.15, 0.2) is 0 Å². The molecule has 0 saturated heterocycles. The molecule has 0 bridgehead atoms. The van der Waals surface area contributed by atoms with Crippen LogP contribution in [0.2, 0.25) is 0 Å². The molecule has 1 saturated carbocycles. The Morgan fingerprint density at radius 1 is 1.35 bits per heavy atom. The van der Waals surface area contributed by atoms with Crippen molar-refractivity contribution in [3.63, 3.8) is 0 Å². The summed E-state index contributed by atoms with van der Waals surface area (Å²) in [5, 5.41) is 2.71. The Morgan fingerprint density at radius 3 is 2.50 bits per heavy atom. The highest BCUT2D eigenvalue weighted by molar-refractivity contribution is 5.95.